The largest absolute Gasteiger partial charge is 0.339 e. The maximum atomic E-state index is 11.8. The van der Waals surface area contributed by atoms with Crippen molar-refractivity contribution >= 4 is 11.6 Å². The zero-order valence-corrected chi connectivity index (χ0v) is 9.21. The molecule has 0 bridgehead atoms. The van der Waals surface area contributed by atoms with Crippen molar-refractivity contribution in [2.24, 2.45) is 0 Å². The standard InChI is InChI=1S/C10H13N3O3/c1-3-12(4-2)10(14)8-5-9(13(15)16)7-11-6-8/h5-7H,3-4H2,1-2H3. The summed E-state index contributed by atoms with van der Waals surface area (Å²) < 4.78 is 0. The predicted octanol–water partition coefficient (Wildman–Crippen LogP) is 1.47. The molecule has 0 aliphatic rings. The van der Waals surface area contributed by atoms with E-state index in [0.717, 1.165) is 6.20 Å². The number of carbonyl (C=O) groups excluding carboxylic acids is 1. The van der Waals surface area contributed by atoms with Crippen LogP contribution in [0.25, 0.3) is 0 Å². The van der Waals surface area contributed by atoms with Gasteiger partial charge in [-0.1, -0.05) is 0 Å². The molecule has 0 radical (unpaired) electrons. The van der Waals surface area contributed by atoms with Gasteiger partial charge in [-0.15, -0.1) is 0 Å². The van der Waals surface area contributed by atoms with Crippen LogP contribution in [0.15, 0.2) is 18.5 Å². The van der Waals surface area contributed by atoms with Gasteiger partial charge in [0.25, 0.3) is 11.6 Å². The zero-order valence-electron chi connectivity index (χ0n) is 9.21. The summed E-state index contributed by atoms with van der Waals surface area (Å²) in [7, 11) is 0. The summed E-state index contributed by atoms with van der Waals surface area (Å²) in [5.41, 5.74) is 0.0795. The lowest BCUT2D eigenvalue weighted by atomic mass is 10.2. The molecule has 1 rings (SSSR count). The van der Waals surface area contributed by atoms with Crippen LogP contribution in [0, 0.1) is 10.1 Å². The SMILES string of the molecule is CCN(CC)C(=O)c1cncc([N+](=O)[O-])c1. The minimum atomic E-state index is -0.563. The van der Waals surface area contributed by atoms with Crippen molar-refractivity contribution in [1.82, 2.24) is 9.88 Å². The molecule has 86 valence electrons. The first kappa shape index (κ1) is 12.1. The van der Waals surface area contributed by atoms with E-state index >= 15 is 0 Å². The van der Waals surface area contributed by atoms with Gasteiger partial charge in [0.1, 0.15) is 6.20 Å². The molecule has 0 saturated heterocycles. The molecule has 16 heavy (non-hydrogen) atoms. The summed E-state index contributed by atoms with van der Waals surface area (Å²) in [6.45, 7) is 4.84. The van der Waals surface area contributed by atoms with Crippen molar-refractivity contribution in [3.8, 4) is 0 Å². The number of aromatic nitrogens is 1. The molecule has 0 N–H and O–H groups in total. The van der Waals surface area contributed by atoms with Crippen LogP contribution in [0.4, 0.5) is 5.69 Å². The second-order valence-corrected chi connectivity index (χ2v) is 3.17. The molecule has 0 atom stereocenters. The van der Waals surface area contributed by atoms with E-state index in [9.17, 15) is 14.9 Å². The number of amides is 1. The molecule has 0 aromatic carbocycles. The molecule has 0 unspecified atom stereocenters. The van der Waals surface area contributed by atoms with Crippen molar-refractivity contribution in [3.63, 3.8) is 0 Å². The third-order valence-corrected chi connectivity index (χ3v) is 2.23. The summed E-state index contributed by atoms with van der Waals surface area (Å²) in [5.74, 6) is -0.235. The van der Waals surface area contributed by atoms with Gasteiger partial charge < -0.3 is 4.90 Å². The first-order valence-corrected chi connectivity index (χ1v) is 4.98. The van der Waals surface area contributed by atoms with E-state index in [-0.39, 0.29) is 17.2 Å². The Bertz CT molecular complexity index is 402. The number of carbonyl (C=O) groups is 1. The van der Waals surface area contributed by atoms with Gasteiger partial charge >= 0.3 is 0 Å². The Morgan fingerprint density at radius 3 is 2.56 bits per heavy atom. The zero-order chi connectivity index (χ0) is 12.1. The molecule has 6 nitrogen and oxygen atoms in total. The van der Waals surface area contributed by atoms with Crippen LogP contribution < -0.4 is 0 Å². The summed E-state index contributed by atoms with van der Waals surface area (Å²) >= 11 is 0. The van der Waals surface area contributed by atoms with E-state index in [1.165, 1.54) is 12.3 Å². The Labute approximate surface area is 93.1 Å². The molecule has 6 heteroatoms. The first-order chi connectivity index (χ1) is 7.60. The van der Waals surface area contributed by atoms with Crippen LogP contribution in [0.3, 0.4) is 0 Å². The molecule has 0 saturated carbocycles. The molecule has 1 amide bonds. The Kier molecular flexibility index (Phi) is 3.93. The summed E-state index contributed by atoms with van der Waals surface area (Å²) in [6.07, 6.45) is 2.46. The van der Waals surface area contributed by atoms with E-state index in [4.69, 9.17) is 0 Å². The van der Waals surface area contributed by atoms with Gasteiger partial charge in [0.05, 0.1) is 10.5 Å². The van der Waals surface area contributed by atoms with Crippen LogP contribution in [0.1, 0.15) is 24.2 Å². The van der Waals surface area contributed by atoms with Crippen LogP contribution in [-0.4, -0.2) is 33.8 Å². The Balaban J connectivity index is 3.00. The third kappa shape index (κ3) is 2.53. The lowest BCUT2D eigenvalue weighted by Crippen LogP contribution is -2.30. The molecule has 1 aromatic rings. The first-order valence-electron chi connectivity index (χ1n) is 4.98. The maximum Gasteiger partial charge on any atom is 0.288 e. The van der Waals surface area contributed by atoms with Crippen LogP contribution >= 0.6 is 0 Å². The number of nitro groups is 1. The van der Waals surface area contributed by atoms with Gasteiger partial charge in [0.2, 0.25) is 0 Å². The Morgan fingerprint density at radius 2 is 2.06 bits per heavy atom. The van der Waals surface area contributed by atoms with Crippen LogP contribution in [0.2, 0.25) is 0 Å². The minimum absolute atomic E-state index is 0.169. The fourth-order valence-corrected chi connectivity index (χ4v) is 1.34. The van der Waals surface area contributed by atoms with Crippen molar-refractivity contribution in [2.45, 2.75) is 13.8 Å². The van der Waals surface area contributed by atoms with Crippen molar-refractivity contribution in [3.05, 3.63) is 34.1 Å². The van der Waals surface area contributed by atoms with Gasteiger partial charge in [-0.25, -0.2) is 0 Å². The van der Waals surface area contributed by atoms with E-state index in [1.54, 1.807) is 4.90 Å². The van der Waals surface area contributed by atoms with Gasteiger partial charge in [-0.3, -0.25) is 19.9 Å². The third-order valence-electron chi connectivity index (χ3n) is 2.23. The highest BCUT2D eigenvalue weighted by Crippen LogP contribution is 2.12. The molecular weight excluding hydrogens is 210 g/mol. The smallest absolute Gasteiger partial charge is 0.288 e. The molecule has 1 heterocycles. The molecule has 0 fully saturated rings. The highest BCUT2D eigenvalue weighted by molar-refractivity contribution is 5.94. The quantitative estimate of drug-likeness (QED) is 0.572. The Morgan fingerprint density at radius 1 is 1.44 bits per heavy atom. The molecular formula is C10H13N3O3. The highest BCUT2D eigenvalue weighted by Gasteiger charge is 2.16. The lowest BCUT2D eigenvalue weighted by molar-refractivity contribution is -0.385. The second-order valence-electron chi connectivity index (χ2n) is 3.17. The maximum absolute atomic E-state index is 11.8. The van der Waals surface area contributed by atoms with Gasteiger partial charge in [0, 0.05) is 25.4 Å². The van der Waals surface area contributed by atoms with E-state index in [0.29, 0.717) is 13.1 Å². The summed E-state index contributed by atoms with van der Waals surface area (Å²) in [4.78, 5) is 27.1. The van der Waals surface area contributed by atoms with Gasteiger partial charge in [-0.05, 0) is 13.8 Å². The number of rotatable bonds is 4. The van der Waals surface area contributed by atoms with Crippen LogP contribution in [0.5, 0.6) is 0 Å². The fraction of sp³-hybridized carbons (Fsp3) is 0.400. The van der Waals surface area contributed by atoms with Crippen LogP contribution in [-0.2, 0) is 0 Å². The average Bonchev–Trinajstić information content (AvgIpc) is 2.30. The van der Waals surface area contributed by atoms with Crippen molar-refractivity contribution in [2.75, 3.05) is 13.1 Å². The number of nitrogens with zero attached hydrogens (tertiary/aromatic N) is 3. The van der Waals surface area contributed by atoms with Gasteiger partial charge in [0.15, 0.2) is 0 Å². The Hall–Kier alpha value is -1.98. The normalized spacial score (nSPS) is 9.88. The monoisotopic (exact) mass is 223 g/mol. The number of hydrogen-bond donors (Lipinski definition) is 0. The molecule has 0 spiro atoms. The molecule has 0 aliphatic heterocycles. The topological polar surface area (TPSA) is 76.3 Å². The minimum Gasteiger partial charge on any atom is -0.339 e. The second kappa shape index (κ2) is 5.20. The molecule has 0 aliphatic carbocycles. The van der Waals surface area contributed by atoms with Crippen molar-refractivity contribution in [1.29, 1.82) is 0 Å². The fourth-order valence-electron chi connectivity index (χ4n) is 1.34. The lowest BCUT2D eigenvalue weighted by Gasteiger charge is -2.17. The highest BCUT2D eigenvalue weighted by atomic mass is 16.6. The number of pyridine rings is 1. The molecule has 1 aromatic heterocycles. The number of hydrogen-bond acceptors (Lipinski definition) is 4. The average molecular weight is 223 g/mol. The predicted molar refractivity (Wildman–Crippen MR) is 58.1 cm³/mol. The van der Waals surface area contributed by atoms with E-state index < -0.39 is 4.92 Å². The van der Waals surface area contributed by atoms with Gasteiger partial charge in [-0.2, -0.15) is 0 Å². The van der Waals surface area contributed by atoms with Crippen molar-refractivity contribution < 1.29 is 9.72 Å². The summed E-state index contributed by atoms with van der Waals surface area (Å²) in [6, 6.07) is 1.24. The summed E-state index contributed by atoms with van der Waals surface area (Å²) in [5, 5.41) is 10.5. The van der Waals surface area contributed by atoms with E-state index in [1.807, 2.05) is 13.8 Å². The van der Waals surface area contributed by atoms with E-state index in [2.05, 4.69) is 4.98 Å².